The van der Waals surface area contributed by atoms with E-state index >= 15 is 0 Å². The van der Waals surface area contributed by atoms with Crippen LogP contribution in [0.3, 0.4) is 0 Å². The van der Waals surface area contributed by atoms with Crippen LogP contribution in [0.25, 0.3) is 0 Å². The van der Waals surface area contributed by atoms with E-state index in [1.54, 1.807) is 0 Å². The molecule has 112 valence electrons. The topological polar surface area (TPSA) is 55.1 Å². The van der Waals surface area contributed by atoms with Crippen molar-refractivity contribution < 1.29 is 13.6 Å². The lowest BCUT2D eigenvalue weighted by atomic mass is 9.88. The highest BCUT2D eigenvalue weighted by Crippen LogP contribution is 2.21. The SMILES string of the molecule is CC(C)C(CCN)CCC(=O)Nc1ccc(F)cc1F. The molecule has 3 N–H and O–H groups in total. The molecule has 0 saturated heterocycles. The Morgan fingerprint density at radius 1 is 1.30 bits per heavy atom. The van der Waals surface area contributed by atoms with Gasteiger partial charge < -0.3 is 11.1 Å². The van der Waals surface area contributed by atoms with Crippen LogP contribution in [0.15, 0.2) is 18.2 Å². The van der Waals surface area contributed by atoms with Crippen molar-refractivity contribution >= 4 is 11.6 Å². The average Bonchev–Trinajstić information content (AvgIpc) is 2.37. The Hall–Kier alpha value is -1.49. The minimum atomic E-state index is -0.763. The summed E-state index contributed by atoms with van der Waals surface area (Å²) in [7, 11) is 0. The van der Waals surface area contributed by atoms with Gasteiger partial charge in [0.1, 0.15) is 11.6 Å². The normalized spacial score (nSPS) is 12.5. The summed E-state index contributed by atoms with van der Waals surface area (Å²) in [6.45, 7) is 4.78. The zero-order valence-corrected chi connectivity index (χ0v) is 12.0. The lowest BCUT2D eigenvalue weighted by Gasteiger charge is -2.19. The van der Waals surface area contributed by atoms with Crippen LogP contribution in [0.2, 0.25) is 0 Å². The number of carbonyl (C=O) groups is 1. The number of hydrogen-bond acceptors (Lipinski definition) is 2. The number of nitrogens with one attached hydrogen (secondary N) is 1. The first-order valence-electron chi connectivity index (χ1n) is 6.89. The predicted octanol–water partition coefficient (Wildman–Crippen LogP) is 3.30. The zero-order valence-electron chi connectivity index (χ0n) is 12.0. The van der Waals surface area contributed by atoms with Crippen molar-refractivity contribution in [3.8, 4) is 0 Å². The fourth-order valence-corrected chi connectivity index (χ4v) is 2.15. The number of amides is 1. The molecule has 5 heteroatoms. The quantitative estimate of drug-likeness (QED) is 0.807. The van der Waals surface area contributed by atoms with Crippen LogP contribution in [0.4, 0.5) is 14.5 Å². The molecule has 3 nitrogen and oxygen atoms in total. The van der Waals surface area contributed by atoms with Gasteiger partial charge in [-0.15, -0.1) is 0 Å². The molecule has 1 rings (SSSR count). The first-order valence-corrected chi connectivity index (χ1v) is 6.89. The van der Waals surface area contributed by atoms with E-state index in [9.17, 15) is 13.6 Å². The van der Waals surface area contributed by atoms with Crippen molar-refractivity contribution in [3.63, 3.8) is 0 Å². The van der Waals surface area contributed by atoms with Gasteiger partial charge in [0.05, 0.1) is 5.69 Å². The number of nitrogens with two attached hydrogens (primary N) is 1. The van der Waals surface area contributed by atoms with Crippen molar-refractivity contribution in [1.29, 1.82) is 0 Å². The van der Waals surface area contributed by atoms with Crippen LogP contribution in [0.1, 0.15) is 33.1 Å². The summed E-state index contributed by atoms with van der Waals surface area (Å²) in [6.07, 6.45) is 1.89. The fraction of sp³-hybridized carbons (Fsp3) is 0.533. The van der Waals surface area contributed by atoms with Crippen LogP contribution in [-0.2, 0) is 4.79 Å². The number of rotatable bonds is 7. The smallest absolute Gasteiger partial charge is 0.224 e. The Bertz CT molecular complexity index is 449. The van der Waals surface area contributed by atoms with Crippen molar-refractivity contribution in [2.45, 2.75) is 33.1 Å². The summed E-state index contributed by atoms with van der Waals surface area (Å²) in [4.78, 5) is 11.8. The van der Waals surface area contributed by atoms with Crippen LogP contribution in [0.5, 0.6) is 0 Å². The molecule has 1 atom stereocenters. The van der Waals surface area contributed by atoms with E-state index < -0.39 is 11.6 Å². The van der Waals surface area contributed by atoms with Crippen molar-refractivity contribution in [2.24, 2.45) is 17.6 Å². The minimum absolute atomic E-state index is 0.0105. The van der Waals surface area contributed by atoms with E-state index in [4.69, 9.17) is 5.73 Å². The second-order valence-corrected chi connectivity index (χ2v) is 5.29. The molecule has 0 fully saturated rings. The molecule has 1 aromatic rings. The van der Waals surface area contributed by atoms with Gasteiger partial charge >= 0.3 is 0 Å². The van der Waals surface area contributed by atoms with Crippen LogP contribution in [-0.4, -0.2) is 12.5 Å². The summed E-state index contributed by atoms with van der Waals surface area (Å²) in [5.74, 6) is -0.861. The summed E-state index contributed by atoms with van der Waals surface area (Å²) < 4.78 is 26.1. The zero-order chi connectivity index (χ0) is 15.1. The molecule has 0 aliphatic heterocycles. The lowest BCUT2D eigenvalue weighted by Crippen LogP contribution is -2.18. The third-order valence-corrected chi connectivity index (χ3v) is 3.43. The molecule has 0 saturated carbocycles. The molecule has 0 spiro atoms. The maximum atomic E-state index is 13.4. The largest absolute Gasteiger partial charge is 0.330 e. The predicted molar refractivity (Wildman–Crippen MR) is 76.2 cm³/mol. The molecule has 1 amide bonds. The summed E-state index contributed by atoms with van der Waals surface area (Å²) in [5, 5.41) is 2.46. The Labute approximate surface area is 118 Å². The van der Waals surface area contributed by atoms with E-state index in [-0.39, 0.29) is 11.6 Å². The Kier molecular flexibility index (Phi) is 6.58. The molecule has 0 radical (unpaired) electrons. The van der Waals surface area contributed by atoms with Gasteiger partial charge in [-0.3, -0.25) is 4.79 Å². The Balaban J connectivity index is 2.51. The molecule has 1 aromatic carbocycles. The Morgan fingerprint density at radius 3 is 2.55 bits per heavy atom. The number of benzene rings is 1. The van der Waals surface area contributed by atoms with Gasteiger partial charge in [-0.25, -0.2) is 8.78 Å². The van der Waals surface area contributed by atoms with E-state index in [2.05, 4.69) is 19.2 Å². The summed E-state index contributed by atoms with van der Waals surface area (Å²) in [6, 6.07) is 3.09. The van der Waals surface area contributed by atoms with Crippen molar-refractivity contribution in [2.75, 3.05) is 11.9 Å². The number of anilines is 1. The second-order valence-electron chi connectivity index (χ2n) is 5.29. The van der Waals surface area contributed by atoms with Gasteiger partial charge in [0, 0.05) is 12.5 Å². The van der Waals surface area contributed by atoms with Crippen molar-refractivity contribution in [1.82, 2.24) is 0 Å². The second kappa shape index (κ2) is 7.94. The molecule has 20 heavy (non-hydrogen) atoms. The fourth-order valence-electron chi connectivity index (χ4n) is 2.15. The highest BCUT2D eigenvalue weighted by molar-refractivity contribution is 5.90. The molecular weight excluding hydrogens is 262 g/mol. The maximum absolute atomic E-state index is 13.4. The third-order valence-electron chi connectivity index (χ3n) is 3.43. The average molecular weight is 284 g/mol. The molecule has 1 unspecified atom stereocenters. The molecule has 0 aromatic heterocycles. The third kappa shape index (κ3) is 5.25. The number of carbonyl (C=O) groups excluding carboxylic acids is 1. The first kappa shape index (κ1) is 16.6. The molecule has 0 heterocycles. The van der Waals surface area contributed by atoms with Crippen molar-refractivity contribution in [3.05, 3.63) is 29.8 Å². The van der Waals surface area contributed by atoms with Gasteiger partial charge in [0.15, 0.2) is 0 Å². The lowest BCUT2D eigenvalue weighted by molar-refractivity contribution is -0.116. The monoisotopic (exact) mass is 284 g/mol. The van der Waals surface area contributed by atoms with E-state index in [0.717, 1.165) is 18.6 Å². The highest BCUT2D eigenvalue weighted by Gasteiger charge is 2.15. The van der Waals surface area contributed by atoms with Gasteiger partial charge in [-0.2, -0.15) is 0 Å². The summed E-state index contributed by atoms with van der Waals surface area (Å²) >= 11 is 0. The van der Waals surface area contributed by atoms with E-state index in [0.29, 0.717) is 31.2 Å². The van der Waals surface area contributed by atoms with Crippen LogP contribution in [0, 0.1) is 23.5 Å². The number of hydrogen-bond donors (Lipinski definition) is 2. The molecule has 0 aliphatic carbocycles. The molecular formula is C15H22F2N2O. The standard InChI is InChI=1S/C15H22F2N2O/c1-10(2)11(7-8-18)3-6-15(20)19-14-5-4-12(16)9-13(14)17/h4-5,9-11H,3,6-8,18H2,1-2H3,(H,19,20). The summed E-state index contributed by atoms with van der Waals surface area (Å²) in [5.41, 5.74) is 5.56. The minimum Gasteiger partial charge on any atom is -0.330 e. The highest BCUT2D eigenvalue weighted by atomic mass is 19.1. The van der Waals surface area contributed by atoms with Crippen LogP contribution >= 0.6 is 0 Å². The Morgan fingerprint density at radius 2 is 2.00 bits per heavy atom. The molecule has 0 bridgehead atoms. The molecule has 0 aliphatic rings. The van der Waals surface area contributed by atoms with Gasteiger partial charge in [0.25, 0.3) is 0 Å². The van der Waals surface area contributed by atoms with Gasteiger partial charge in [-0.05, 0) is 43.4 Å². The van der Waals surface area contributed by atoms with E-state index in [1.807, 2.05) is 0 Å². The van der Waals surface area contributed by atoms with Gasteiger partial charge in [-0.1, -0.05) is 13.8 Å². The first-order chi connectivity index (χ1) is 9.43. The number of halogens is 2. The maximum Gasteiger partial charge on any atom is 0.224 e. The van der Waals surface area contributed by atoms with E-state index in [1.165, 1.54) is 6.07 Å². The van der Waals surface area contributed by atoms with Gasteiger partial charge in [0.2, 0.25) is 5.91 Å². The van der Waals surface area contributed by atoms with Crippen LogP contribution < -0.4 is 11.1 Å².